The maximum absolute atomic E-state index is 12.7. The van der Waals surface area contributed by atoms with Crippen LogP contribution in [0.15, 0.2) is 30.3 Å². The first-order chi connectivity index (χ1) is 12.1. The van der Waals surface area contributed by atoms with Gasteiger partial charge in [0.15, 0.2) is 0 Å². The molecule has 1 heterocycles. The summed E-state index contributed by atoms with van der Waals surface area (Å²) in [5.74, 6) is 1.24. The zero-order valence-electron chi connectivity index (χ0n) is 15.7. The molecule has 0 unspecified atom stereocenters. The molecule has 0 atom stereocenters. The number of anilines is 2. The van der Waals surface area contributed by atoms with Crippen molar-refractivity contribution in [1.29, 1.82) is 0 Å². The molecule has 0 aliphatic heterocycles. The van der Waals surface area contributed by atoms with E-state index in [1.54, 1.807) is 6.07 Å². The van der Waals surface area contributed by atoms with E-state index in [9.17, 15) is 4.79 Å². The van der Waals surface area contributed by atoms with Crippen LogP contribution in [-0.2, 0) is 6.42 Å². The van der Waals surface area contributed by atoms with Gasteiger partial charge in [-0.05, 0) is 37.8 Å². The summed E-state index contributed by atoms with van der Waals surface area (Å²) in [7, 11) is 0. The second-order valence-electron chi connectivity index (χ2n) is 6.11. The average Bonchev–Trinajstić information content (AvgIpc) is 2.61. The van der Waals surface area contributed by atoms with Crippen LogP contribution < -0.4 is 10.2 Å². The zero-order valence-corrected chi connectivity index (χ0v) is 15.7. The van der Waals surface area contributed by atoms with Gasteiger partial charge in [0, 0.05) is 24.8 Å². The molecule has 5 heteroatoms. The van der Waals surface area contributed by atoms with Crippen LogP contribution >= 0.6 is 0 Å². The van der Waals surface area contributed by atoms with Crippen molar-refractivity contribution in [3.63, 3.8) is 0 Å². The molecule has 1 aromatic carbocycles. The van der Waals surface area contributed by atoms with Gasteiger partial charge in [-0.25, -0.2) is 9.97 Å². The number of carbonyl (C=O) groups excluding carboxylic acids is 1. The molecule has 0 radical (unpaired) electrons. The number of nitrogens with zero attached hydrogens (tertiary/aromatic N) is 3. The van der Waals surface area contributed by atoms with Gasteiger partial charge in [-0.15, -0.1) is 0 Å². The molecular weight excluding hydrogens is 312 g/mol. The standard InChI is InChI=1S/C20H28N4O/c1-5-12-24(13-6-2)19-14-18(21-15(4)22-19)20(25)23-17-11-9-8-10-16(17)7-3/h8-11,14H,5-7,12-13H2,1-4H3,(H,23,25). The Morgan fingerprint density at radius 3 is 2.40 bits per heavy atom. The molecule has 1 N–H and O–H groups in total. The number of nitrogens with one attached hydrogen (secondary N) is 1. The lowest BCUT2D eigenvalue weighted by atomic mass is 10.1. The summed E-state index contributed by atoms with van der Waals surface area (Å²) in [6.07, 6.45) is 2.94. The fraction of sp³-hybridized carbons (Fsp3) is 0.450. The zero-order chi connectivity index (χ0) is 18.2. The van der Waals surface area contributed by atoms with Crippen molar-refractivity contribution < 1.29 is 4.79 Å². The Morgan fingerprint density at radius 1 is 1.08 bits per heavy atom. The quantitative estimate of drug-likeness (QED) is 0.781. The Kier molecular flexibility index (Phi) is 6.92. The van der Waals surface area contributed by atoms with Gasteiger partial charge in [0.25, 0.3) is 5.91 Å². The molecule has 25 heavy (non-hydrogen) atoms. The molecule has 0 saturated heterocycles. The van der Waals surface area contributed by atoms with Crippen molar-refractivity contribution >= 4 is 17.4 Å². The molecule has 0 spiro atoms. The van der Waals surface area contributed by atoms with Crippen molar-refractivity contribution in [3.05, 3.63) is 47.4 Å². The molecule has 5 nitrogen and oxygen atoms in total. The minimum atomic E-state index is -0.194. The molecule has 134 valence electrons. The van der Waals surface area contributed by atoms with Crippen LogP contribution in [0.1, 0.15) is 55.5 Å². The summed E-state index contributed by atoms with van der Waals surface area (Å²) < 4.78 is 0. The number of amides is 1. The van der Waals surface area contributed by atoms with E-state index in [2.05, 4.69) is 41.0 Å². The van der Waals surface area contributed by atoms with E-state index in [4.69, 9.17) is 0 Å². The summed E-state index contributed by atoms with van der Waals surface area (Å²) in [4.78, 5) is 23.8. The first-order valence-corrected chi connectivity index (χ1v) is 9.08. The first-order valence-electron chi connectivity index (χ1n) is 9.08. The lowest BCUT2D eigenvalue weighted by Gasteiger charge is -2.23. The van der Waals surface area contributed by atoms with Crippen molar-refractivity contribution in [1.82, 2.24) is 9.97 Å². The molecule has 0 fully saturated rings. The van der Waals surface area contributed by atoms with Crippen molar-refractivity contribution in [2.45, 2.75) is 47.0 Å². The number of carbonyl (C=O) groups is 1. The SMILES string of the molecule is CCCN(CCC)c1cc(C(=O)Nc2ccccc2CC)nc(C)n1. The van der Waals surface area contributed by atoms with Crippen LogP contribution in [0.2, 0.25) is 0 Å². The maximum Gasteiger partial charge on any atom is 0.274 e. The van der Waals surface area contributed by atoms with Gasteiger partial charge in [0.05, 0.1) is 0 Å². The van der Waals surface area contributed by atoms with Gasteiger partial charge in [0.2, 0.25) is 0 Å². The van der Waals surface area contributed by atoms with Crippen LogP contribution in [-0.4, -0.2) is 29.0 Å². The summed E-state index contributed by atoms with van der Waals surface area (Å²) in [5, 5.41) is 2.99. The highest BCUT2D eigenvalue weighted by atomic mass is 16.1. The summed E-state index contributed by atoms with van der Waals surface area (Å²) in [5.41, 5.74) is 2.36. The monoisotopic (exact) mass is 340 g/mol. The third-order valence-electron chi connectivity index (χ3n) is 4.01. The third kappa shape index (κ3) is 5.02. The van der Waals surface area contributed by atoms with E-state index in [0.717, 1.165) is 49.4 Å². The Hall–Kier alpha value is -2.43. The molecular formula is C20H28N4O. The molecule has 2 rings (SSSR count). The number of benzene rings is 1. The Labute approximate surface area is 150 Å². The van der Waals surface area contributed by atoms with Crippen molar-refractivity contribution in [3.8, 4) is 0 Å². The van der Waals surface area contributed by atoms with Gasteiger partial charge >= 0.3 is 0 Å². The number of rotatable bonds is 8. The first kappa shape index (κ1) is 18.9. The van der Waals surface area contributed by atoms with E-state index in [-0.39, 0.29) is 5.91 Å². The van der Waals surface area contributed by atoms with Crippen LogP contribution in [0.25, 0.3) is 0 Å². The van der Waals surface area contributed by atoms with Gasteiger partial charge < -0.3 is 10.2 Å². The van der Waals surface area contributed by atoms with Crippen LogP contribution in [0.3, 0.4) is 0 Å². The highest BCUT2D eigenvalue weighted by Gasteiger charge is 2.15. The number of aryl methyl sites for hydroxylation is 2. The summed E-state index contributed by atoms with van der Waals surface area (Å²) in [6.45, 7) is 10.0. The lowest BCUT2D eigenvalue weighted by molar-refractivity contribution is 0.102. The van der Waals surface area contributed by atoms with Crippen LogP contribution in [0, 0.1) is 6.92 Å². The van der Waals surface area contributed by atoms with Crippen molar-refractivity contribution in [2.24, 2.45) is 0 Å². The van der Waals surface area contributed by atoms with Gasteiger partial charge in [-0.2, -0.15) is 0 Å². The largest absolute Gasteiger partial charge is 0.357 e. The molecule has 0 aliphatic rings. The van der Waals surface area contributed by atoms with E-state index in [1.807, 2.05) is 31.2 Å². The summed E-state index contributed by atoms with van der Waals surface area (Å²) in [6, 6.07) is 9.65. The van der Waals surface area contributed by atoms with E-state index >= 15 is 0 Å². The third-order valence-corrected chi connectivity index (χ3v) is 4.01. The molecule has 1 aromatic heterocycles. The van der Waals surface area contributed by atoms with Gasteiger partial charge in [0.1, 0.15) is 17.3 Å². The fourth-order valence-corrected chi connectivity index (χ4v) is 2.85. The topological polar surface area (TPSA) is 58.1 Å². The second kappa shape index (κ2) is 9.16. The molecule has 2 aromatic rings. The van der Waals surface area contributed by atoms with Crippen LogP contribution in [0.5, 0.6) is 0 Å². The summed E-state index contributed by atoms with van der Waals surface area (Å²) >= 11 is 0. The number of hydrogen-bond acceptors (Lipinski definition) is 4. The van der Waals surface area contributed by atoms with Crippen molar-refractivity contribution in [2.75, 3.05) is 23.3 Å². The van der Waals surface area contributed by atoms with E-state index in [0.29, 0.717) is 11.5 Å². The molecule has 0 saturated carbocycles. The minimum Gasteiger partial charge on any atom is -0.357 e. The van der Waals surface area contributed by atoms with E-state index in [1.165, 1.54) is 0 Å². The Morgan fingerprint density at radius 2 is 1.76 bits per heavy atom. The predicted molar refractivity (Wildman–Crippen MR) is 103 cm³/mol. The number of hydrogen-bond donors (Lipinski definition) is 1. The second-order valence-corrected chi connectivity index (χ2v) is 6.11. The average molecular weight is 340 g/mol. The Balaban J connectivity index is 2.27. The molecule has 1 amide bonds. The number of aromatic nitrogens is 2. The smallest absolute Gasteiger partial charge is 0.274 e. The fourth-order valence-electron chi connectivity index (χ4n) is 2.85. The molecule has 0 aliphatic carbocycles. The lowest BCUT2D eigenvalue weighted by Crippen LogP contribution is -2.27. The predicted octanol–water partition coefficient (Wildman–Crippen LogP) is 4.23. The Bertz CT molecular complexity index is 709. The highest BCUT2D eigenvalue weighted by molar-refractivity contribution is 6.03. The normalized spacial score (nSPS) is 10.6. The van der Waals surface area contributed by atoms with Gasteiger partial charge in [-0.3, -0.25) is 4.79 Å². The maximum atomic E-state index is 12.7. The van der Waals surface area contributed by atoms with Crippen LogP contribution in [0.4, 0.5) is 11.5 Å². The highest BCUT2D eigenvalue weighted by Crippen LogP contribution is 2.18. The molecule has 0 bridgehead atoms. The minimum absolute atomic E-state index is 0.194. The number of para-hydroxylation sites is 1. The van der Waals surface area contributed by atoms with E-state index < -0.39 is 0 Å². The van der Waals surface area contributed by atoms with Gasteiger partial charge in [-0.1, -0.05) is 39.0 Å².